The molecule has 0 spiro atoms. The Morgan fingerprint density at radius 3 is 2.86 bits per heavy atom. The standard InChI is InChI=1S/C12H14OS/c1-9(13)5-10-3-2-4-11(6-10)12-7-14-8-12/h2-4,6,12H,5,7-8H2,1H3. The maximum Gasteiger partial charge on any atom is 0.134 e. The van der Waals surface area contributed by atoms with Gasteiger partial charge in [0.05, 0.1) is 0 Å². The van der Waals surface area contributed by atoms with Crippen molar-refractivity contribution in [2.24, 2.45) is 0 Å². The molecule has 0 atom stereocenters. The van der Waals surface area contributed by atoms with E-state index >= 15 is 0 Å². The number of rotatable bonds is 3. The van der Waals surface area contributed by atoms with Gasteiger partial charge in [-0.05, 0) is 18.1 Å². The molecule has 2 rings (SSSR count). The summed E-state index contributed by atoms with van der Waals surface area (Å²) in [6.07, 6.45) is 0.577. The second-order valence-electron chi connectivity index (χ2n) is 3.86. The second-order valence-corrected chi connectivity index (χ2v) is 4.93. The van der Waals surface area contributed by atoms with Crippen LogP contribution in [0.4, 0.5) is 0 Å². The molecule has 1 heterocycles. The summed E-state index contributed by atoms with van der Waals surface area (Å²) in [6, 6.07) is 8.47. The molecule has 0 bridgehead atoms. The maximum atomic E-state index is 11.0. The van der Waals surface area contributed by atoms with E-state index < -0.39 is 0 Å². The highest BCUT2D eigenvalue weighted by Crippen LogP contribution is 2.34. The van der Waals surface area contributed by atoms with Crippen molar-refractivity contribution in [1.29, 1.82) is 0 Å². The van der Waals surface area contributed by atoms with Gasteiger partial charge in [0.15, 0.2) is 0 Å². The molecule has 1 aliphatic heterocycles. The van der Waals surface area contributed by atoms with Crippen LogP contribution in [-0.4, -0.2) is 17.3 Å². The zero-order chi connectivity index (χ0) is 9.97. The second kappa shape index (κ2) is 4.18. The fourth-order valence-electron chi connectivity index (χ4n) is 1.67. The summed E-state index contributed by atoms with van der Waals surface area (Å²) >= 11 is 1.99. The van der Waals surface area contributed by atoms with E-state index in [0.29, 0.717) is 6.42 Å². The van der Waals surface area contributed by atoms with Crippen molar-refractivity contribution in [3.8, 4) is 0 Å². The Hall–Kier alpha value is -0.760. The van der Waals surface area contributed by atoms with E-state index in [1.807, 2.05) is 17.8 Å². The molecular weight excluding hydrogens is 192 g/mol. The number of ketones is 1. The smallest absolute Gasteiger partial charge is 0.134 e. The SMILES string of the molecule is CC(=O)Cc1cccc(C2CSC2)c1. The van der Waals surface area contributed by atoms with Gasteiger partial charge in [-0.15, -0.1) is 0 Å². The van der Waals surface area contributed by atoms with Crippen LogP contribution in [0, 0.1) is 0 Å². The summed E-state index contributed by atoms with van der Waals surface area (Å²) < 4.78 is 0. The van der Waals surface area contributed by atoms with Crippen LogP contribution in [0.15, 0.2) is 24.3 Å². The minimum absolute atomic E-state index is 0.241. The summed E-state index contributed by atoms with van der Waals surface area (Å²) in [5.74, 6) is 3.45. The van der Waals surface area contributed by atoms with Crippen molar-refractivity contribution in [3.63, 3.8) is 0 Å². The van der Waals surface area contributed by atoms with Gasteiger partial charge >= 0.3 is 0 Å². The van der Waals surface area contributed by atoms with Crippen LogP contribution in [0.1, 0.15) is 24.0 Å². The first-order valence-corrected chi connectivity index (χ1v) is 6.07. The Bertz CT molecular complexity index is 342. The summed E-state index contributed by atoms with van der Waals surface area (Å²) in [7, 11) is 0. The van der Waals surface area contributed by atoms with Crippen LogP contribution in [0.2, 0.25) is 0 Å². The fourth-order valence-corrected chi connectivity index (χ4v) is 2.53. The molecule has 1 fully saturated rings. The first-order chi connectivity index (χ1) is 6.75. The van der Waals surface area contributed by atoms with Gasteiger partial charge in [0.2, 0.25) is 0 Å². The molecule has 0 unspecified atom stereocenters. The number of thioether (sulfide) groups is 1. The molecule has 0 N–H and O–H groups in total. The average Bonchev–Trinajstić information content (AvgIpc) is 1.99. The predicted molar refractivity (Wildman–Crippen MR) is 60.9 cm³/mol. The normalized spacial score (nSPS) is 16.4. The van der Waals surface area contributed by atoms with Crippen molar-refractivity contribution in [3.05, 3.63) is 35.4 Å². The minimum Gasteiger partial charge on any atom is -0.300 e. The van der Waals surface area contributed by atoms with E-state index in [0.717, 1.165) is 11.5 Å². The third-order valence-corrected chi connectivity index (χ3v) is 3.79. The molecule has 74 valence electrons. The van der Waals surface area contributed by atoms with Crippen LogP contribution in [-0.2, 0) is 11.2 Å². The molecule has 1 aliphatic rings. The number of carbonyl (C=O) groups excluding carboxylic acids is 1. The Morgan fingerprint density at radius 1 is 1.50 bits per heavy atom. The van der Waals surface area contributed by atoms with E-state index in [1.54, 1.807) is 6.92 Å². The van der Waals surface area contributed by atoms with Crippen LogP contribution in [0.3, 0.4) is 0 Å². The molecule has 0 radical (unpaired) electrons. The van der Waals surface area contributed by atoms with Gasteiger partial charge < -0.3 is 0 Å². The lowest BCUT2D eigenvalue weighted by Crippen LogP contribution is -2.15. The van der Waals surface area contributed by atoms with E-state index in [2.05, 4.69) is 18.2 Å². The lowest BCUT2D eigenvalue weighted by molar-refractivity contribution is -0.116. The Kier molecular flexibility index (Phi) is 2.92. The van der Waals surface area contributed by atoms with Gasteiger partial charge in [0.1, 0.15) is 5.78 Å². The molecule has 1 aromatic carbocycles. The van der Waals surface area contributed by atoms with Gasteiger partial charge in [-0.1, -0.05) is 24.3 Å². The number of hydrogen-bond acceptors (Lipinski definition) is 2. The third-order valence-electron chi connectivity index (χ3n) is 2.51. The largest absolute Gasteiger partial charge is 0.300 e. The first kappa shape index (κ1) is 9.78. The molecule has 0 aromatic heterocycles. The van der Waals surface area contributed by atoms with Gasteiger partial charge in [0, 0.05) is 23.8 Å². The quantitative estimate of drug-likeness (QED) is 0.756. The first-order valence-electron chi connectivity index (χ1n) is 4.92. The summed E-state index contributed by atoms with van der Waals surface area (Å²) in [5.41, 5.74) is 2.56. The van der Waals surface area contributed by atoms with E-state index in [4.69, 9.17) is 0 Å². The molecule has 1 saturated heterocycles. The molecule has 14 heavy (non-hydrogen) atoms. The van der Waals surface area contributed by atoms with E-state index in [9.17, 15) is 4.79 Å². The van der Waals surface area contributed by atoms with E-state index in [-0.39, 0.29) is 5.78 Å². The van der Waals surface area contributed by atoms with Crippen LogP contribution >= 0.6 is 11.8 Å². The number of Topliss-reactive ketones (excluding diaryl/α,β-unsaturated/α-hetero) is 1. The zero-order valence-electron chi connectivity index (χ0n) is 8.32. The van der Waals surface area contributed by atoms with Gasteiger partial charge in [-0.2, -0.15) is 11.8 Å². The molecule has 1 nitrogen and oxygen atoms in total. The van der Waals surface area contributed by atoms with Crippen LogP contribution in [0.5, 0.6) is 0 Å². The fraction of sp³-hybridized carbons (Fsp3) is 0.417. The summed E-state index contributed by atoms with van der Waals surface area (Å²) in [4.78, 5) is 11.0. The Morgan fingerprint density at radius 2 is 2.29 bits per heavy atom. The van der Waals surface area contributed by atoms with Gasteiger partial charge in [-0.3, -0.25) is 4.79 Å². The average molecular weight is 206 g/mol. The minimum atomic E-state index is 0.241. The van der Waals surface area contributed by atoms with Crippen molar-refractivity contribution < 1.29 is 4.79 Å². The van der Waals surface area contributed by atoms with E-state index in [1.165, 1.54) is 17.1 Å². The van der Waals surface area contributed by atoms with Crippen LogP contribution in [0.25, 0.3) is 0 Å². The topological polar surface area (TPSA) is 17.1 Å². The monoisotopic (exact) mass is 206 g/mol. The Balaban J connectivity index is 2.13. The Labute approximate surface area is 88.9 Å². The molecule has 0 aliphatic carbocycles. The molecule has 2 heteroatoms. The molecule has 0 saturated carbocycles. The van der Waals surface area contributed by atoms with Crippen molar-refractivity contribution in [2.75, 3.05) is 11.5 Å². The molecular formula is C12H14OS. The number of benzene rings is 1. The van der Waals surface area contributed by atoms with Crippen molar-refractivity contribution in [1.82, 2.24) is 0 Å². The number of hydrogen-bond donors (Lipinski definition) is 0. The zero-order valence-corrected chi connectivity index (χ0v) is 9.14. The lowest BCUT2D eigenvalue weighted by atomic mass is 9.98. The van der Waals surface area contributed by atoms with Gasteiger partial charge in [0.25, 0.3) is 0 Å². The predicted octanol–water partition coefficient (Wildman–Crippen LogP) is 2.65. The highest BCUT2D eigenvalue weighted by Gasteiger charge is 2.19. The molecule has 0 amide bonds. The third kappa shape index (κ3) is 2.18. The number of carbonyl (C=O) groups is 1. The summed E-state index contributed by atoms with van der Waals surface area (Å²) in [5, 5.41) is 0. The van der Waals surface area contributed by atoms with Crippen molar-refractivity contribution in [2.45, 2.75) is 19.3 Å². The highest BCUT2D eigenvalue weighted by atomic mass is 32.2. The lowest BCUT2D eigenvalue weighted by Gasteiger charge is -2.25. The van der Waals surface area contributed by atoms with Gasteiger partial charge in [-0.25, -0.2) is 0 Å². The molecule has 1 aromatic rings. The van der Waals surface area contributed by atoms with Crippen LogP contribution < -0.4 is 0 Å². The highest BCUT2D eigenvalue weighted by molar-refractivity contribution is 8.00. The van der Waals surface area contributed by atoms with Crippen molar-refractivity contribution >= 4 is 17.5 Å². The maximum absolute atomic E-state index is 11.0. The summed E-state index contributed by atoms with van der Waals surface area (Å²) in [6.45, 7) is 1.64.